The van der Waals surface area contributed by atoms with Gasteiger partial charge in [0.15, 0.2) is 0 Å². The van der Waals surface area contributed by atoms with Crippen molar-refractivity contribution < 1.29 is 18.7 Å². The predicted octanol–water partition coefficient (Wildman–Crippen LogP) is 0.669. The van der Waals surface area contributed by atoms with Crippen LogP contribution in [0.15, 0.2) is 24.3 Å². The largest absolute Gasteiger partial charge is 0.378 e. The van der Waals surface area contributed by atoms with Crippen LogP contribution in [-0.4, -0.2) is 55.6 Å². The number of carbonyl (C=O) groups is 2. The predicted molar refractivity (Wildman–Crippen MR) is 87.7 cm³/mol. The average Bonchev–Trinajstić information content (AvgIpc) is 2.60. The highest BCUT2D eigenvalue weighted by Gasteiger charge is 2.21. The molecule has 1 aromatic carbocycles. The SMILES string of the molecule is CCN(CC(=O)NCc1ccc(F)cc1)C(=O)CC1COCCN1. The van der Waals surface area contributed by atoms with E-state index in [9.17, 15) is 14.0 Å². The number of nitrogens with zero attached hydrogens (tertiary/aromatic N) is 1. The Bertz CT molecular complexity index is 545. The topological polar surface area (TPSA) is 70.7 Å². The molecular weight excluding hydrogens is 313 g/mol. The van der Waals surface area contributed by atoms with E-state index >= 15 is 0 Å². The number of morpholine rings is 1. The summed E-state index contributed by atoms with van der Waals surface area (Å²) < 4.78 is 18.2. The fraction of sp³-hybridized carbons (Fsp3) is 0.529. The summed E-state index contributed by atoms with van der Waals surface area (Å²) in [6, 6.07) is 5.94. The fourth-order valence-electron chi connectivity index (χ4n) is 2.50. The van der Waals surface area contributed by atoms with Gasteiger partial charge in [-0.1, -0.05) is 12.1 Å². The Balaban J connectivity index is 1.76. The first kappa shape index (κ1) is 18.4. The first-order chi connectivity index (χ1) is 11.6. The van der Waals surface area contributed by atoms with Crippen molar-refractivity contribution in [3.8, 4) is 0 Å². The Labute approximate surface area is 141 Å². The Morgan fingerprint density at radius 3 is 2.75 bits per heavy atom. The van der Waals surface area contributed by atoms with E-state index in [0.717, 1.165) is 12.1 Å². The molecule has 0 aromatic heterocycles. The second kappa shape index (κ2) is 9.34. The lowest BCUT2D eigenvalue weighted by atomic mass is 10.1. The number of carbonyl (C=O) groups excluding carboxylic acids is 2. The summed E-state index contributed by atoms with van der Waals surface area (Å²) >= 11 is 0. The van der Waals surface area contributed by atoms with Gasteiger partial charge in [-0.25, -0.2) is 4.39 Å². The molecule has 1 aliphatic heterocycles. The molecule has 7 heteroatoms. The summed E-state index contributed by atoms with van der Waals surface area (Å²) in [5.74, 6) is -0.618. The van der Waals surface area contributed by atoms with Crippen LogP contribution in [0, 0.1) is 5.82 Å². The molecule has 0 saturated carbocycles. The highest BCUT2D eigenvalue weighted by atomic mass is 19.1. The third-order valence-corrected chi connectivity index (χ3v) is 3.89. The lowest BCUT2D eigenvalue weighted by molar-refractivity contribution is -0.136. The molecule has 2 amide bonds. The maximum atomic E-state index is 12.8. The number of nitrogens with one attached hydrogen (secondary N) is 2. The van der Waals surface area contributed by atoms with Crippen molar-refractivity contribution in [1.82, 2.24) is 15.5 Å². The summed E-state index contributed by atoms with van der Waals surface area (Å²) in [6.07, 6.45) is 0.319. The number of rotatable bonds is 7. The second-order valence-electron chi connectivity index (χ2n) is 5.74. The minimum Gasteiger partial charge on any atom is -0.378 e. The quantitative estimate of drug-likeness (QED) is 0.767. The third kappa shape index (κ3) is 5.90. The molecule has 1 atom stereocenters. The van der Waals surface area contributed by atoms with Crippen molar-refractivity contribution in [3.63, 3.8) is 0 Å². The smallest absolute Gasteiger partial charge is 0.239 e. The normalized spacial score (nSPS) is 17.3. The average molecular weight is 337 g/mol. The molecular formula is C17H24FN3O3. The van der Waals surface area contributed by atoms with Gasteiger partial charge < -0.3 is 20.3 Å². The van der Waals surface area contributed by atoms with E-state index in [1.165, 1.54) is 17.0 Å². The lowest BCUT2D eigenvalue weighted by Crippen LogP contribution is -2.47. The summed E-state index contributed by atoms with van der Waals surface area (Å²) in [4.78, 5) is 25.9. The van der Waals surface area contributed by atoms with Crippen LogP contribution in [0.3, 0.4) is 0 Å². The fourth-order valence-corrected chi connectivity index (χ4v) is 2.50. The number of halogens is 1. The molecule has 132 valence electrons. The Kier molecular flexibility index (Phi) is 7.14. The minimum absolute atomic E-state index is 0.00239. The first-order valence-electron chi connectivity index (χ1n) is 8.18. The van der Waals surface area contributed by atoms with E-state index in [-0.39, 0.29) is 30.2 Å². The van der Waals surface area contributed by atoms with Gasteiger partial charge in [0.25, 0.3) is 0 Å². The molecule has 1 heterocycles. The Morgan fingerprint density at radius 2 is 2.12 bits per heavy atom. The van der Waals surface area contributed by atoms with Crippen LogP contribution >= 0.6 is 0 Å². The summed E-state index contributed by atoms with van der Waals surface area (Å²) in [6.45, 7) is 4.55. The van der Waals surface area contributed by atoms with Gasteiger partial charge in [0.2, 0.25) is 11.8 Å². The first-order valence-corrected chi connectivity index (χ1v) is 8.18. The molecule has 1 saturated heterocycles. The number of amides is 2. The molecule has 1 aromatic rings. The van der Waals surface area contributed by atoms with E-state index in [0.29, 0.717) is 32.7 Å². The van der Waals surface area contributed by atoms with E-state index in [4.69, 9.17) is 4.74 Å². The van der Waals surface area contributed by atoms with E-state index in [2.05, 4.69) is 10.6 Å². The van der Waals surface area contributed by atoms with Crippen molar-refractivity contribution in [1.29, 1.82) is 0 Å². The van der Waals surface area contributed by atoms with Crippen LogP contribution in [0.4, 0.5) is 4.39 Å². The molecule has 0 spiro atoms. The van der Waals surface area contributed by atoms with Crippen molar-refractivity contribution in [2.75, 3.05) is 32.8 Å². The third-order valence-electron chi connectivity index (χ3n) is 3.89. The number of benzene rings is 1. The summed E-state index contributed by atoms with van der Waals surface area (Å²) in [5.41, 5.74) is 0.808. The molecule has 0 bridgehead atoms. The van der Waals surface area contributed by atoms with Gasteiger partial charge in [0.1, 0.15) is 5.82 Å². The molecule has 2 rings (SSSR count). The van der Waals surface area contributed by atoms with Gasteiger partial charge in [-0.3, -0.25) is 9.59 Å². The monoisotopic (exact) mass is 337 g/mol. The molecule has 2 N–H and O–H groups in total. The molecule has 1 aliphatic rings. The van der Waals surface area contributed by atoms with Crippen LogP contribution in [-0.2, 0) is 20.9 Å². The molecule has 0 radical (unpaired) electrons. The van der Waals surface area contributed by atoms with Gasteiger partial charge in [0, 0.05) is 32.1 Å². The van der Waals surface area contributed by atoms with E-state index < -0.39 is 0 Å². The second-order valence-corrected chi connectivity index (χ2v) is 5.74. The zero-order valence-corrected chi connectivity index (χ0v) is 13.9. The lowest BCUT2D eigenvalue weighted by Gasteiger charge is -2.26. The van der Waals surface area contributed by atoms with Crippen molar-refractivity contribution in [2.24, 2.45) is 0 Å². The van der Waals surface area contributed by atoms with E-state index in [1.54, 1.807) is 12.1 Å². The zero-order chi connectivity index (χ0) is 17.4. The molecule has 6 nitrogen and oxygen atoms in total. The zero-order valence-electron chi connectivity index (χ0n) is 13.9. The van der Waals surface area contributed by atoms with Crippen LogP contribution in [0.2, 0.25) is 0 Å². The van der Waals surface area contributed by atoms with Crippen molar-refractivity contribution in [3.05, 3.63) is 35.6 Å². The highest BCUT2D eigenvalue weighted by Crippen LogP contribution is 2.04. The Morgan fingerprint density at radius 1 is 1.38 bits per heavy atom. The number of hydrogen-bond donors (Lipinski definition) is 2. The standard InChI is InChI=1S/C17H24FN3O3/c1-2-21(17(23)9-15-12-24-8-7-19-15)11-16(22)20-10-13-3-5-14(18)6-4-13/h3-6,15,19H,2,7-12H2,1H3,(H,20,22). The van der Waals surface area contributed by atoms with Gasteiger partial charge in [-0.2, -0.15) is 0 Å². The maximum absolute atomic E-state index is 12.8. The number of likely N-dealkylation sites (N-methyl/N-ethyl adjacent to an activating group) is 1. The maximum Gasteiger partial charge on any atom is 0.239 e. The van der Waals surface area contributed by atoms with Crippen LogP contribution in [0.1, 0.15) is 18.9 Å². The van der Waals surface area contributed by atoms with Gasteiger partial charge in [-0.15, -0.1) is 0 Å². The van der Waals surface area contributed by atoms with Crippen LogP contribution < -0.4 is 10.6 Å². The molecule has 1 fully saturated rings. The molecule has 1 unspecified atom stereocenters. The summed E-state index contributed by atoms with van der Waals surface area (Å²) in [5, 5.41) is 5.98. The molecule has 24 heavy (non-hydrogen) atoms. The van der Waals surface area contributed by atoms with Crippen molar-refractivity contribution >= 4 is 11.8 Å². The number of ether oxygens (including phenoxy) is 1. The Hall–Kier alpha value is -1.99. The van der Waals surface area contributed by atoms with Crippen LogP contribution in [0.5, 0.6) is 0 Å². The van der Waals surface area contributed by atoms with Gasteiger partial charge >= 0.3 is 0 Å². The number of hydrogen-bond acceptors (Lipinski definition) is 4. The van der Waals surface area contributed by atoms with Crippen LogP contribution in [0.25, 0.3) is 0 Å². The van der Waals surface area contributed by atoms with Crippen molar-refractivity contribution in [2.45, 2.75) is 25.9 Å². The minimum atomic E-state index is -0.312. The highest BCUT2D eigenvalue weighted by molar-refractivity contribution is 5.85. The molecule has 0 aliphatic carbocycles. The van der Waals surface area contributed by atoms with Gasteiger partial charge in [-0.05, 0) is 24.6 Å². The van der Waals surface area contributed by atoms with Gasteiger partial charge in [0.05, 0.1) is 19.8 Å². The van der Waals surface area contributed by atoms with E-state index in [1.807, 2.05) is 6.92 Å². The summed E-state index contributed by atoms with van der Waals surface area (Å²) in [7, 11) is 0.